The number of sulfonamides is 1. The van der Waals surface area contributed by atoms with Gasteiger partial charge in [0, 0.05) is 66.5 Å². The highest BCUT2D eigenvalue weighted by Crippen LogP contribution is 2.34. The van der Waals surface area contributed by atoms with Gasteiger partial charge >= 0.3 is 0 Å². The fourth-order valence-corrected chi connectivity index (χ4v) is 7.54. The summed E-state index contributed by atoms with van der Waals surface area (Å²) in [4.78, 5) is 38.6. The number of carbonyl (C=O) groups excluding carboxylic acids is 2. The largest absolute Gasteiger partial charge is 0.357 e. The van der Waals surface area contributed by atoms with Gasteiger partial charge in [-0.15, -0.1) is 23.7 Å². The monoisotopic (exact) mass is 586 g/mol. The van der Waals surface area contributed by atoms with Crippen molar-refractivity contribution >= 4 is 68.1 Å². The zero-order valence-electron chi connectivity index (χ0n) is 20.5. The number of aromatic amines is 1. The molecule has 0 spiro atoms. The van der Waals surface area contributed by atoms with Gasteiger partial charge < -0.3 is 15.2 Å². The number of H-pyrrole nitrogens is 1. The molecule has 0 saturated carbocycles. The Kier molecular flexibility index (Phi) is 7.89. The van der Waals surface area contributed by atoms with Gasteiger partial charge in [0.15, 0.2) is 5.01 Å². The predicted molar refractivity (Wildman–Crippen MR) is 145 cm³/mol. The number of carbonyl (C=O) groups is 2. The van der Waals surface area contributed by atoms with Gasteiger partial charge in [-0.25, -0.2) is 13.4 Å². The lowest BCUT2D eigenvalue weighted by atomic mass is 10.1. The maximum absolute atomic E-state index is 13.5. The number of benzene rings is 1. The van der Waals surface area contributed by atoms with Crippen LogP contribution in [0, 0.1) is 0 Å². The number of hydrogen-bond acceptors (Lipinski definition) is 7. The van der Waals surface area contributed by atoms with Crippen LogP contribution in [-0.2, 0) is 21.2 Å². The van der Waals surface area contributed by atoms with Gasteiger partial charge in [-0.05, 0) is 38.2 Å². The second-order valence-electron chi connectivity index (χ2n) is 9.09. The van der Waals surface area contributed by atoms with Gasteiger partial charge in [-0.2, -0.15) is 4.31 Å². The molecule has 2 aliphatic rings. The molecule has 0 bridgehead atoms. The number of thiazole rings is 1. The number of nitrogens with zero attached hydrogens (tertiary/aromatic N) is 4. The average molecular weight is 588 g/mol. The summed E-state index contributed by atoms with van der Waals surface area (Å²) in [6, 6.07) is 5.79. The van der Waals surface area contributed by atoms with Crippen molar-refractivity contribution in [1.82, 2.24) is 29.4 Å². The topological polar surface area (TPSA) is 119 Å². The van der Waals surface area contributed by atoms with E-state index in [1.165, 1.54) is 33.7 Å². The molecule has 2 aliphatic heterocycles. The Bertz CT molecular complexity index is 1460. The van der Waals surface area contributed by atoms with Crippen LogP contribution in [0.15, 0.2) is 29.3 Å². The van der Waals surface area contributed by atoms with Crippen LogP contribution in [0.3, 0.4) is 0 Å². The molecule has 14 heteroatoms. The van der Waals surface area contributed by atoms with E-state index in [1.54, 1.807) is 18.2 Å². The maximum Gasteiger partial charge on any atom is 0.283 e. The lowest BCUT2D eigenvalue weighted by Gasteiger charge is -2.39. The van der Waals surface area contributed by atoms with Crippen LogP contribution >= 0.6 is 35.3 Å². The molecule has 1 saturated heterocycles. The van der Waals surface area contributed by atoms with E-state index in [-0.39, 0.29) is 49.0 Å². The fourth-order valence-electron chi connectivity index (χ4n) is 4.72. The van der Waals surface area contributed by atoms with E-state index in [1.807, 2.05) is 7.05 Å². The first-order valence-corrected chi connectivity index (χ1v) is 14.2. The second-order valence-corrected chi connectivity index (χ2v) is 12.5. The van der Waals surface area contributed by atoms with Crippen LogP contribution in [-0.4, -0.2) is 90.6 Å². The summed E-state index contributed by atoms with van der Waals surface area (Å²) in [6.07, 6.45) is 0.764. The summed E-state index contributed by atoms with van der Waals surface area (Å²) in [7, 11) is -0.431. The Balaban J connectivity index is 0.00000320. The SMILES string of the molecule is CNC(=O)C1CN(S(=O)(=O)c2cc3cc(Cl)ccc3[nH]2)CCN1C(=O)c1nc2c(s1)C(C)N(C)CC2.Cl. The van der Waals surface area contributed by atoms with E-state index >= 15 is 0 Å². The molecule has 5 rings (SSSR count). The smallest absolute Gasteiger partial charge is 0.283 e. The summed E-state index contributed by atoms with van der Waals surface area (Å²) in [5.74, 6) is -0.781. The number of hydrogen-bond donors (Lipinski definition) is 2. The normalized spacial score (nSPS) is 20.9. The standard InChI is InChI=1S/C23H27ClN6O4S2.ClH/c1-13-20-17(6-7-28(13)3)27-22(35-20)23(32)30-9-8-29(12-18(30)21(31)25-2)36(33,34)19-11-14-10-15(24)4-5-16(14)26-19;/h4-5,10-11,13,18,26H,6-9,12H2,1-3H3,(H,25,31);1H. The molecule has 37 heavy (non-hydrogen) atoms. The third kappa shape index (κ3) is 4.98. The van der Waals surface area contributed by atoms with E-state index in [2.05, 4.69) is 27.1 Å². The van der Waals surface area contributed by atoms with Crippen molar-refractivity contribution < 1.29 is 18.0 Å². The fraction of sp³-hybridized carbons (Fsp3) is 0.435. The first-order chi connectivity index (χ1) is 17.1. The number of aromatic nitrogens is 2. The van der Waals surface area contributed by atoms with Gasteiger partial charge in [0.25, 0.3) is 15.9 Å². The second kappa shape index (κ2) is 10.5. The first kappa shape index (κ1) is 27.8. The maximum atomic E-state index is 13.5. The van der Waals surface area contributed by atoms with Crippen molar-refractivity contribution in [3.8, 4) is 0 Å². The molecule has 1 aromatic carbocycles. The van der Waals surface area contributed by atoms with Crippen LogP contribution in [0.4, 0.5) is 0 Å². The van der Waals surface area contributed by atoms with Gasteiger partial charge in [-0.1, -0.05) is 11.6 Å². The molecule has 2 unspecified atom stereocenters. The minimum absolute atomic E-state index is 0. The van der Waals surface area contributed by atoms with Crippen molar-refractivity contribution in [3.63, 3.8) is 0 Å². The van der Waals surface area contributed by atoms with E-state index in [0.717, 1.165) is 23.5 Å². The Labute approximate surface area is 230 Å². The predicted octanol–water partition coefficient (Wildman–Crippen LogP) is 2.51. The Morgan fingerprint density at radius 3 is 2.70 bits per heavy atom. The molecular formula is C23H28Cl2N6O4S2. The molecule has 2 aromatic heterocycles. The van der Waals surface area contributed by atoms with E-state index < -0.39 is 22.0 Å². The summed E-state index contributed by atoms with van der Waals surface area (Å²) < 4.78 is 28.2. The number of amides is 2. The molecule has 2 atom stereocenters. The van der Waals surface area contributed by atoms with Crippen LogP contribution in [0.25, 0.3) is 10.9 Å². The minimum atomic E-state index is -3.94. The van der Waals surface area contributed by atoms with Gasteiger partial charge in [0.1, 0.15) is 11.1 Å². The van der Waals surface area contributed by atoms with Crippen molar-refractivity contribution in [2.75, 3.05) is 40.3 Å². The molecule has 3 aromatic rings. The molecule has 0 radical (unpaired) electrons. The molecule has 10 nitrogen and oxygen atoms in total. The third-order valence-corrected chi connectivity index (χ3v) is 10.3. The summed E-state index contributed by atoms with van der Waals surface area (Å²) >= 11 is 7.40. The minimum Gasteiger partial charge on any atom is -0.357 e. The molecule has 200 valence electrons. The van der Waals surface area contributed by atoms with Crippen LogP contribution in [0.5, 0.6) is 0 Å². The van der Waals surface area contributed by atoms with Crippen LogP contribution in [0.1, 0.15) is 33.3 Å². The van der Waals surface area contributed by atoms with Crippen molar-refractivity contribution in [2.24, 2.45) is 0 Å². The molecule has 1 fully saturated rings. The summed E-state index contributed by atoms with van der Waals surface area (Å²) in [6.45, 7) is 2.92. The van der Waals surface area contributed by atoms with Crippen LogP contribution < -0.4 is 5.32 Å². The van der Waals surface area contributed by atoms with E-state index in [9.17, 15) is 18.0 Å². The Morgan fingerprint density at radius 2 is 1.97 bits per heavy atom. The Hall–Kier alpha value is -2.22. The van der Waals surface area contributed by atoms with E-state index in [4.69, 9.17) is 11.6 Å². The highest BCUT2D eigenvalue weighted by molar-refractivity contribution is 7.89. The van der Waals surface area contributed by atoms with E-state index in [0.29, 0.717) is 20.9 Å². The lowest BCUT2D eigenvalue weighted by molar-refractivity contribution is -0.126. The highest BCUT2D eigenvalue weighted by atomic mass is 35.5. The van der Waals surface area contributed by atoms with Gasteiger partial charge in [0.2, 0.25) is 5.91 Å². The molecule has 2 amide bonds. The third-order valence-electron chi connectivity index (χ3n) is 6.98. The summed E-state index contributed by atoms with van der Waals surface area (Å²) in [5, 5.41) is 4.09. The number of halogens is 2. The number of likely N-dealkylation sites (N-methyl/N-ethyl adjacent to an activating group) is 2. The van der Waals surface area contributed by atoms with Gasteiger partial charge in [0.05, 0.1) is 5.69 Å². The number of nitrogens with one attached hydrogen (secondary N) is 2. The van der Waals surface area contributed by atoms with Crippen LogP contribution in [0.2, 0.25) is 5.02 Å². The molecule has 4 heterocycles. The molecule has 0 aliphatic carbocycles. The number of rotatable bonds is 4. The first-order valence-electron chi connectivity index (χ1n) is 11.6. The average Bonchev–Trinajstić information content (AvgIpc) is 3.50. The number of fused-ring (bicyclic) bond motifs is 2. The molecule has 2 N–H and O–H groups in total. The zero-order chi connectivity index (χ0) is 25.8. The van der Waals surface area contributed by atoms with Crippen molar-refractivity contribution in [2.45, 2.75) is 30.5 Å². The lowest BCUT2D eigenvalue weighted by Crippen LogP contribution is -2.61. The molecular weight excluding hydrogens is 559 g/mol. The van der Waals surface area contributed by atoms with Crippen molar-refractivity contribution in [3.05, 3.63) is 44.9 Å². The summed E-state index contributed by atoms with van der Waals surface area (Å²) in [5.41, 5.74) is 1.56. The van der Waals surface area contributed by atoms with Crippen molar-refractivity contribution in [1.29, 1.82) is 0 Å². The van der Waals surface area contributed by atoms with Gasteiger partial charge in [-0.3, -0.25) is 14.5 Å². The zero-order valence-corrected chi connectivity index (χ0v) is 23.7. The number of piperazine rings is 1. The quantitative estimate of drug-likeness (QED) is 0.485. The Morgan fingerprint density at radius 1 is 1.22 bits per heavy atom. The highest BCUT2D eigenvalue weighted by Gasteiger charge is 2.41.